The molecule has 1 aromatic heterocycles. The van der Waals surface area contributed by atoms with Gasteiger partial charge in [-0.05, 0) is 35.0 Å². The molecular formula is C11H7BrCl2N2O2S. The first-order valence-electron chi connectivity index (χ1n) is 5.01. The van der Waals surface area contributed by atoms with Crippen molar-refractivity contribution in [1.82, 2.24) is 4.98 Å². The SMILES string of the molecule is Cc1sc(Nc2ccc(Br)c(Cl)c2Cl)nc1C(=O)O. The maximum Gasteiger partial charge on any atom is 0.355 e. The van der Waals surface area contributed by atoms with Crippen LogP contribution < -0.4 is 5.32 Å². The molecule has 0 aliphatic carbocycles. The number of carboxylic acid groups (broad SMARTS) is 1. The molecule has 0 saturated carbocycles. The zero-order chi connectivity index (χ0) is 14.2. The lowest BCUT2D eigenvalue weighted by Crippen LogP contribution is -1.99. The second kappa shape index (κ2) is 5.66. The number of halogens is 3. The third-order valence-electron chi connectivity index (χ3n) is 2.28. The number of rotatable bonds is 3. The molecule has 0 fully saturated rings. The number of nitrogens with zero attached hydrogens (tertiary/aromatic N) is 1. The number of aromatic nitrogens is 1. The van der Waals surface area contributed by atoms with Gasteiger partial charge in [0.25, 0.3) is 0 Å². The molecule has 4 nitrogen and oxygen atoms in total. The average molecular weight is 382 g/mol. The molecule has 1 heterocycles. The van der Waals surface area contributed by atoms with Gasteiger partial charge in [-0.3, -0.25) is 0 Å². The number of aryl methyl sites for hydroxylation is 1. The highest BCUT2D eigenvalue weighted by Gasteiger charge is 2.15. The maximum atomic E-state index is 10.9. The van der Waals surface area contributed by atoms with E-state index in [1.165, 1.54) is 11.3 Å². The van der Waals surface area contributed by atoms with Gasteiger partial charge >= 0.3 is 5.97 Å². The van der Waals surface area contributed by atoms with Crippen LogP contribution in [0.5, 0.6) is 0 Å². The zero-order valence-electron chi connectivity index (χ0n) is 9.50. The Morgan fingerprint density at radius 2 is 2.11 bits per heavy atom. The summed E-state index contributed by atoms with van der Waals surface area (Å²) < 4.78 is 0.686. The molecule has 0 aliphatic rings. The molecule has 2 N–H and O–H groups in total. The number of thiazole rings is 1. The molecular weight excluding hydrogens is 375 g/mol. The van der Waals surface area contributed by atoms with Crippen molar-refractivity contribution < 1.29 is 9.90 Å². The van der Waals surface area contributed by atoms with Gasteiger partial charge in [0.1, 0.15) is 0 Å². The summed E-state index contributed by atoms with van der Waals surface area (Å²) in [5, 5.41) is 13.1. The van der Waals surface area contributed by atoms with Crippen molar-refractivity contribution in [2.75, 3.05) is 5.32 Å². The Kier molecular flexibility index (Phi) is 4.35. The molecule has 0 saturated heterocycles. The number of nitrogens with one attached hydrogen (secondary N) is 1. The third kappa shape index (κ3) is 3.02. The molecule has 0 bridgehead atoms. The zero-order valence-corrected chi connectivity index (χ0v) is 13.4. The Morgan fingerprint density at radius 3 is 2.68 bits per heavy atom. The van der Waals surface area contributed by atoms with E-state index in [1.54, 1.807) is 19.1 Å². The Bertz CT molecular complexity index is 660. The second-order valence-electron chi connectivity index (χ2n) is 3.58. The van der Waals surface area contributed by atoms with Gasteiger partial charge in [0.15, 0.2) is 10.8 Å². The largest absolute Gasteiger partial charge is 0.476 e. The number of aromatic carboxylic acids is 1. The smallest absolute Gasteiger partial charge is 0.355 e. The fourth-order valence-corrected chi connectivity index (χ4v) is 3.02. The lowest BCUT2D eigenvalue weighted by Gasteiger charge is -2.07. The van der Waals surface area contributed by atoms with Gasteiger partial charge in [-0.15, -0.1) is 11.3 Å². The van der Waals surface area contributed by atoms with E-state index >= 15 is 0 Å². The number of carboxylic acids is 1. The van der Waals surface area contributed by atoms with Crippen molar-refractivity contribution in [3.8, 4) is 0 Å². The predicted octanol–water partition coefficient (Wildman–Crippen LogP) is 4.96. The molecule has 100 valence electrons. The topological polar surface area (TPSA) is 62.2 Å². The van der Waals surface area contributed by atoms with E-state index in [0.717, 1.165) is 0 Å². The van der Waals surface area contributed by atoms with Gasteiger partial charge in [0.2, 0.25) is 0 Å². The Morgan fingerprint density at radius 1 is 1.42 bits per heavy atom. The molecule has 19 heavy (non-hydrogen) atoms. The molecule has 2 rings (SSSR count). The summed E-state index contributed by atoms with van der Waals surface area (Å²) in [4.78, 5) is 15.5. The van der Waals surface area contributed by atoms with Gasteiger partial charge < -0.3 is 10.4 Å². The summed E-state index contributed by atoms with van der Waals surface area (Å²) >= 11 is 16.6. The van der Waals surface area contributed by atoms with Crippen LogP contribution in [0.2, 0.25) is 10.0 Å². The van der Waals surface area contributed by atoms with Gasteiger partial charge in [-0.2, -0.15) is 0 Å². The van der Waals surface area contributed by atoms with Gasteiger partial charge in [0, 0.05) is 9.35 Å². The van der Waals surface area contributed by atoms with Crippen LogP contribution in [0.4, 0.5) is 10.8 Å². The summed E-state index contributed by atoms with van der Waals surface area (Å²) in [5.41, 5.74) is 0.604. The van der Waals surface area contributed by atoms with E-state index in [2.05, 4.69) is 26.2 Å². The Labute approximate surface area is 131 Å². The summed E-state index contributed by atoms with van der Waals surface area (Å²) in [6.45, 7) is 1.70. The maximum absolute atomic E-state index is 10.9. The first-order chi connectivity index (χ1) is 8.90. The summed E-state index contributed by atoms with van der Waals surface area (Å²) in [6.07, 6.45) is 0. The molecule has 0 spiro atoms. The van der Waals surface area contributed by atoms with Crippen molar-refractivity contribution >= 4 is 67.3 Å². The van der Waals surface area contributed by atoms with Crippen LogP contribution >= 0.6 is 50.5 Å². The number of hydrogen-bond donors (Lipinski definition) is 2. The van der Waals surface area contributed by atoms with Gasteiger partial charge in [-0.1, -0.05) is 23.2 Å². The average Bonchev–Trinajstić information content (AvgIpc) is 2.71. The van der Waals surface area contributed by atoms with Crippen LogP contribution in [0.1, 0.15) is 15.4 Å². The molecule has 0 unspecified atom stereocenters. The third-order valence-corrected chi connectivity index (χ3v) is 4.93. The van der Waals surface area contributed by atoms with E-state index in [9.17, 15) is 4.79 Å². The first-order valence-corrected chi connectivity index (χ1v) is 7.38. The number of benzene rings is 1. The Hall–Kier alpha value is -0.820. The van der Waals surface area contributed by atoms with E-state index in [-0.39, 0.29) is 5.69 Å². The lowest BCUT2D eigenvalue weighted by molar-refractivity contribution is 0.0690. The van der Waals surface area contributed by atoms with Crippen LogP contribution in [0.15, 0.2) is 16.6 Å². The number of hydrogen-bond acceptors (Lipinski definition) is 4. The van der Waals surface area contributed by atoms with Crippen LogP contribution in [-0.4, -0.2) is 16.1 Å². The standard InChI is InChI=1S/C11H7BrCl2N2O2S/c1-4-9(10(17)18)16-11(19-4)15-6-3-2-5(12)7(13)8(6)14/h2-3H,1H3,(H,15,16)(H,17,18). The minimum atomic E-state index is -1.05. The monoisotopic (exact) mass is 380 g/mol. The van der Waals surface area contributed by atoms with Crippen molar-refractivity contribution in [2.24, 2.45) is 0 Å². The van der Waals surface area contributed by atoms with E-state index < -0.39 is 5.97 Å². The second-order valence-corrected chi connectivity index (χ2v) is 6.39. The van der Waals surface area contributed by atoms with Crippen LogP contribution in [-0.2, 0) is 0 Å². The highest BCUT2D eigenvalue weighted by molar-refractivity contribution is 9.10. The minimum absolute atomic E-state index is 0.0341. The molecule has 0 amide bonds. The fraction of sp³-hybridized carbons (Fsp3) is 0.0909. The first kappa shape index (κ1) is 14.6. The molecule has 2 aromatic rings. The van der Waals surface area contributed by atoms with Crippen molar-refractivity contribution in [2.45, 2.75) is 6.92 Å². The minimum Gasteiger partial charge on any atom is -0.476 e. The van der Waals surface area contributed by atoms with E-state index in [1.807, 2.05) is 0 Å². The van der Waals surface area contributed by atoms with Crippen LogP contribution in [0, 0.1) is 6.92 Å². The fourth-order valence-electron chi connectivity index (χ4n) is 1.39. The van der Waals surface area contributed by atoms with Gasteiger partial charge in [0.05, 0.1) is 15.7 Å². The highest BCUT2D eigenvalue weighted by atomic mass is 79.9. The summed E-state index contributed by atoms with van der Waals surface area (Å²) in [5.74, 6) is -1.05. The van der Waals surface area contributed by atoms with Crippen molar-refractivity contribution in [3.05, 3.63) is 37.2 Å². The van der Waals surface area contributed by atoms with E-state index in [4.69, 9.17) is 28.3 Å². The normalized spacial score (nSPS) is 10.5. The number of carbonyl (C=O) groups is 1. The van der Waals surface area contributed by atoms with Crippen LogP contribution in [0.25, 0.3) is 0 Å². The molecule has 0 radical (unpaired) electrons. The summed E-state index contributed by atoms with van der Waals surface area (Å²) in [7, 11) is 0. The van der Waals surface area contributed by atoms with Crippen molar-refractivity contribution in [3.63, 3.8) is 0 Å². The van der Waals surface area contributed by atoms with Crippen molar-refractivity contribution in [1.29, 1.82) is 0 Å². The quantitative estimate of drug-likeness (QED) is 0.737. The van der Waals surface area contributed by atoms with E-state index in [0.29, 0.717) is 30.2 Å². The van der Waals surface area contributed by atoms with Crippen LogP contribution in [0.3, 0.4) is 0 Å². The Balaban J connectivity index is 2.34. The summed E-state index contributed by atoms with van der Waals surface area (Å²) in [6, 6.07) is 3.48. The van der Waals surface area contributed by atoms with Gasteiger partial charge in [-0.25, -0.2) is 9.78 Å². The number of anilines is 2. The lowest BCUT2D eigenvalue weighted by atomic mass is 10.3. The predicted molar refractivity (Wildman–Crippen MR) is 81.3 cm³/mol. The highest BCUT2D eigenvalue weighted by Crippen LogP contribution is 2.37. The molecule has 0 atom stereocenters. The molecule has 8 heteroatoms. The molecule has 1 aromatic carbocycles. The molecule has 0 aliphatic heterocycles.